The van der Waals surface area contributed by atoms with Crippen molar-refractivity contribution in [3.8, 4) is 0 Å². The van der Waals surface area contributed by atoms with Crippen LogP contribution in [0.1, 0.15) is 32.6 Å². The summed E-state index contributed by atoms with van der Waals surface area (Å²) in [4.78, 5) is 0.245. The predicted octanol–water partition coefficient (Wildman–Crippen LogP) is 5.86. The van der Waals surface area contributed by atoms with Crippen LogP contribution in [0.4, 0.5) is 0 Å². The summed E-state index contributed by atoms with van der Waals surface area (Å²) in [6.07, 6.45) is 0. The third-order valence-corrected chi connectivity index (χ3v) is 5.06. The van der Waals surface area contributed by atoms with Crippen LogP contribution in [0.25, 0.3) is 0 Å². The van der Waals surface area contributed by atoms with Crippen molar-refractivity contribution in [3.63, 3.8) is 0 Å². The molecule has 2 rings (SSSR count). The molecule has 0 aromatic heterocycles. The lowest BCUT2D eigenvalue weighted by molar-refractivity contribution is 1.13. The minimum atomic E-state index is 0.245. The molecule has 0 spiro atoms. The van der Waals surface area contributed by atoms with Gasteiger partial charge in [0.05, 0.1) is 4.83 Å². The molecule has 0 bridgehead atoms. The molecule has 18 heavy (non-hydrogen) atoms. The minimum Gasteiger partial charge on any atom is -0.0786 e. The molecule has 0 saturated carbocycles. The van der Waals surface area contributed by atoms with Crippen LogP contribution >= 0.6 is 31.9 Å². The quantitative estimate of drug-likeness (QED) is 0.583. The topological polar surface area (TPSA) is 0 Å². The first-order chi connectivity index (χ1) is 8.49. The highest BCUT2D eigenvalue weighted by Crippen LogP contribution is 2.34. The van der Waals surface area contributed by atoms with E-state index in [1.165, 1.54) is 27.8 Å². The number of aryl methyl sites for hydroxylation is 3. The van der Waals surface area contributed by atoms with Gasteiger partial charge in [0.1, 0.15) is 0 Å². The summed E-state index contributed by atoms with van der Waals surface area (Å²) in [7, 11) is 0. The molecule has 0 nitrogen and oxygen atoms in total. The molecular formula is C16H16Br2. The fourth-order valence-corrected chi connectivity index (χ4v) is 3.25. The van der Waals surface area contributed by atoms with Gasteiger partial charge in [0, 0.05) is 4.47 Å². The van der Waals surface area contributed by atoms with Gasteiger partial charge in [0.15, 0.2) is 0 Å². The van der Waals surface area contributed by atoms with Gasteiger partial charge < -0.3 is 0 Å². The van der Waals surface area contributed by atoms with Crippen molar-refractivity contribution in [1.29, 1.82) is 0 Å². The van der Waals surface area contributed by atoms with Gasteiger partial charge in [-0.3, -0.25) is 0 Å². The zero-order valence-electron chi connectivity index (χ0n) is 10.8. The SMILES string of the molecule is Cc1ccc(C(Br)c2ccc(C)c(Br)c2)c(C)c1. The largest absolute Gasteiger partial charge is 0.0786 e. The van der Waals surface area contributed by atoms with Crippen LogP contribution in [0.3, 0.4) is 0 Å². The van der Waals surface area contributed by atoms with Gasteiger partial charge in [-0.25, -0.2) is 0 Å². The Morgan fingerprint density at radius 3 is 2.22 bits per heavy atom. The molecule has 2 aromatic rings. The van der Waals surface area contributed by atoms with Crippen molar-refractivity contribution in [2.24, 2.45) is 0 Å². The second-order valence-corrected chi connectivity index (χ2v) is 6.50. The molecule has 94 valence electrons. The zero-order chi connectivity index (χ0) is 13.3. The molecule has 0 heterocycles. The highest BCUT2D eigenvalue weighted by Gasteiger charge is 2.13. The lowest BCUT2D eigenvalue weighted by Crippen LogP contribution is -1.97. The van der Waals surface area contributed by atoms with Gasteiger partial charge in [-0.2, -0.15) is 0 Å². The predicted molar refractivity (Wildman–Crippen MR) is 85.6 cm³/mol. The van der Waals surface area contributed by atoms with Crippen LogP contribution in [0.5, 0.6) is 0 Å². The third kappa shape index (κ3) is 2.86. The molecule has 2 heteroatoms. The number of benzene rings is 2. The molecule has 0 fully saturated rings. The first-order valence-corrected chi connectivity index (χ1v) is 7.67. The number of halogens is 2. The van der Waals surface area contributed by atoms with Crippen molar-refractivity contribution in [2.45, 2.75) is 25.6 Å². The first-order valence-electron chi connectivity index (χ1n) is 5.96. The molecule has 1 unspecified atom stereocenters. The summed E-state index contributed by atoms with van der Waals surface area (Å²) < 4.78 is 1.16. The lowest BCUT2D eigenvalue weighted by atomic mass is 9.98. The number of rotatable bonds is 2. The molecule has 0 aliphatic heterocycles. The summed E-state index contributed by atoms with van der Waals surface area (Å²) in [5, 5.41) is 0. The molecule has 0 radical (unpaired) electrons. The summed E-state index contributed by atoms with van der Waals surface area (Å²) in [5.74, 6) is 0. The summed E-state index contributed by atoms with van der Waals surface area (Å²) in [5.41, 5.74) is 6.50. The molecule has 0 aliphatic carbocycles. The Bertz CT molecular complexity index is 573. The summed E-state index contributed by atoms with van der Waals surface area (Å²) >= 11 is 7.40. The van der Waals surface area contributed by atoms with Gasteiger partial charge in [0.25, 0.3) is 0 Å². The summed E-state index contributed by atoms with van der Waals surface area (Å²) in [6.45, 7) is 6.40. The number of hydrogen-bond donors (Lipinski definition) is 0. The Kier molecular flexibility index (Phi) is 4.29. The number of alkyl halides is 1. The minimum absolute atomic E-state index is 0.245. The van der Waals surface area contributed by atoms with E-state index >= 15 is 0 Å². The van der Waals surface area contributed by atoms with Crippen LogP contribution in [0, 0.1) is 20.8 Å². The van der Waals surface area contributed by atoms with E-state index in [0.717, 1.165) is 4.47 Å². The standard InChI is InChI=1S/C16H16Br2/c1-10-4-7-14(12(3)8-10)16(18)13-6-5-11(2)15(17)9-13/h4-9,16H,1-3H3. The van der Waals surface area contributed by atoms with E-state index in [4.69, 9.17) is 0 Å². The Morgan fingerprint density at radius 2 is 1.61 bits per heavy atom. The van der Waals surface area contributed by atoms with Gasteiger partial charge in [0.2, 0.25) is 0 Å². The van der Waals surface area contributed by atoms with E-state index < -0.39 is 0 Å². The molecule has 0 saturated heterocycles. The maximum absolute atomic E-state index is 3.81. The Hall–Kier alpha value is -0.600. The molecule has 0 N–H and O–H groups in total. The Balaban J connectivity index is 2.41. The van der Waals surface area contributed by atoms with Crippen LogP contribution in [0.2, 0.25) is 0 Å². The zero-order valence-corrected chi connectivity index (χ0v) is 14.0. The van der Waals surface area contributed by atoms with Crippen LogP contribution in [-0.4, -0.2) is 0 Å². The molecule has 2 aromatic carbocycles. The van der Waals surface area contributed by atoms with Crippen molar-refractivity contribution in [2.75, 3.05) is 0 Å². The highest BCUT2D eigenvalue weighted by molar-refractivity contribution is 9.10. The van der Waals surface area contributed by atoms with E-state index in [0.29, 0.717) is 0 Å². The Labute approximate surface area is 126 Å². The van der Waals surface area contributed by atoms with Gasteiger partial charge in [-0.05, 0) is 49.1 Å². The number of hydrogen-bond acceptors (Lipinski definition) is 0. The monoisotopic (exact) mass is 366 g/mol. The van der Waals surface area contributed by atoms with Crippen molar-refractivity contribution in [3.05, 3.63) is 68.7 Å². The molecular weight excluding hydrogens is 352 g/mol. The third-order valence-electron chi connectivity index (χ3n) is 3.19. The van der Waals surface area contributed by atoms with Gasteiger partial charge >= 0.3 is 0 Å². The van der Waals surface area contributed by atoms with E-state index in [-0.39, 0.29) is 4.83 Å². The smallest absolute Gasteiger partial charge is 0.0647 e. The van der Waals surface area contributed by atoms with Gasteiger partial charge in [-0.1, -0.05) is 67.8 Å². The molecule has 1 atom stereocenters. The second kappa shape index (κ2) is 5.58. The first kappa shape index (κ1) is 13.8. The maximum atomic E-state index is 3.81. The normalized spacial score (nSPS) is 12.5. The van der Waals surface area contributed by atoms with Crippen molar-refractivity contribution in [1.82, 2.24) is 0 Å². The fourth-order valence-electron chi connectivity index (χ4n) is 2.06. The Morgan fingerprint density at radius 1 is 0.889 bits per heavy atom. The van der Waals surface area contributed by atoms with E-state index in [1.54, 1.807) is 0 Å². The van der Waals surface area contributed by atoms with E-state index in [9.17, 15) is 0 Å². The lowest BCUT2D eigenvalue weighted by Gasteiger charge is -2.15. The van der Waals surface area contributed by atoms with Crippen LogP contribution < -0.4 is 0 Å². The fraction of sp³-hybridized carbons (Fsp3) is 0.250. The second-order valence-electron chi connectivity index (χ2n) is 4.73. The van der Waals surface area contributed by atoms with Gasteiger partial charge in [-0.15, -0.1) is 0 Å². The molecule has 0 amide bonds. The highest BCUT2D eigenvalue weighted by atomic mass is 79.9. The molecule has 0 aliphatic rings. The maximum Gasteiger partial charge on any atom is 0.0647 e. The van der Waals surface area contributed by atoms with Crippen molar-refractivity contribution < 1.29 is 0 Å². The van der Waals surface area contributed by atoms with Crippen molar-refractivity contribution >= 4 is 31.9 Å². The average Bonchev–Trinajstić information content (AvgIpc) is 2.32. The average molecular weight is 368 g/mol. The van der Waals surface area contributed by atoms with E-state index in [1.807, 2.05) is 0 Å². The van der Waals surface area contributed by atoms with Crippen LogP contribution in [-0.2, 0) is 0 Å². The van der Waals surface area contributed by atoms with Crippen LogP contribution in [0.15, 0.2) is 40.9 Å². The summed E-state index contributed by atoms with van der Waals surface area (Å²) in [6, 6.07) is 13.1. The van der Waals surface area contributed by atoms with E-state index in [2.05, 4.69) is 89.0 Å².